The molecule has 0 heterocycles. The van der Waals surface area contributed by atoms with Crippen molar-refractivity contribution < 1.29 is 14.2 Å². The molecule has 0 atom stereocenters. The van der Waals surface area contributed by atoms with Gasteiger partial charge in [-0.2, -0.15) is 0 Å². The Hall–Kier alpha value is -1.26. The second kappa shape index (κ2) is 14.7. The van der Waals surface area contributed by atoms with Crippen LogP contribution >= 0.6 is 24.0 Å². The molecule has 29 heavy (non-hydrogen) atoms. The van der Waals surface area contributed by atoms with Crippen LogP contribution in [0, 0.1) is 0 Å². The molecule has 8 heteroatoms. The summed E-state index contributed by atoms with van der Waals surface area (Å²) < 4.78 is 15.9. The summed E-state index contributed by atoms with van der Waals surface area (Å²) in [5, 5.41) is 6.74. The number of benzene rings is 1. The third-order valence-corrected chi connectivity index (χ3v) is 4.80. The van der Waals surface area contributed by atoms with Crippen molar-refractivity contribution in [3.8, 4) is 11.5 Å². The third kappa shape index (κ3) is 9.39. The van der Waals surface area contributed by atoms with E-state index in [1.54, 1.807) is 21.3 Å². The van der Waals surface area contributed by atoms with E-state index >= 15 is 0 Å². The maximum Gasteiger partial charge on any atom is 0.191 e. The van der Waals surface area contributed by atoms with E-state index < -0.39 is 0 Å². The van der Waals surface area contributed by atoms with Crippen molar-refractivity contribution in [2.45, 2.75) is 32.2 Å². The highest BCUT2D eigenvalue weighted by atomic mass is 127. The highest BCUT2D eigenvalue weighted by Crippen LogP contribution is 2.27. The van der Waals surface area contributed by atoms with Crippen LogP contribution in [0.5, 0.6) is 11.5 Å². The topological polar surface area (TPSA) is 67.4 Å². The molecule has 0 spiro atoms. The molecule has 0 radical (unpaired) electrons. The van der Waals surface area contributed by atoms with Gasteiger partial charge in [0.15, 0.2) is 17.5 Å². The van der Waals surface area contributed by atoms with Crippen LogP contribution in [0.1, 0.15) is 25.3 Å². The highest BCUT2D eigenvalue weighted by Gasteiger charge is 2.28. The predicted octanol–water partition coefficient (Wildman–Crippen LogP) is 2.53. The van der Waals surface area contributed by atoms with Crippen LogP contribution in [0.2, 0.25) is 0 Å². The molecule has 0 unspecified atom stereocenters. The van der Waals surface area contributed by atoms with Gasteiger partial charge < -0.3 is 24.8 Å². The first kappa shape index (κ1) is 25.8. The first-order chi connectivity index (χ1) is 13.7. The minimum absolute atomic E-state index is 0. The molecular weight excluding hydrogens is 483 g/mol. The van der Waals surface area contributed by atoms with Crippen molar-refractivity contribution in [3.05, 3.63) is 23.8 Å². The molecular formula is C21H37IN4O3. The molecule has 1 aliphatic carbocycles. The summed E-state index contributed by atoms with van der Waals surface area (Å²) in [5.41, 5.74) is 1.19. The SMILES string of the molecule is CCNC(=NCCN(CCOC)C1CC1)NCCc1ccc(OC)c(OC)c1.I. The van der Waals surface area contributed by atoms with Crippen molar-refractivity contribution in [1.29, 1.82) is 0 Å². The van der Waals surface area contributed by atoms with E-state index in [0.29, 0.717) is 0 Å². The monoisotopic (exact) mass is 520 g/mol. The van der Waals surface area contributed by atoms with Crippen molar-refractivity contribution in [1.82, 2.24) is 15.5 Å². The van der Waals surface area contributed by atoms with Crippen LogP contribution in [0.4, 0.5) is 0 Å². The van der Waals surface area contributed by atoms with E-state index in [-0.39, 0.29) is 24.0 Å². The van der Waals surface area contributed by atoms with Gasteiger partial charge in [-0.3, -0.25) is 9.89 Å². The van der Waals surface area contributed by atoms with Gasteiger partial charge in [0, 0.05) is 39.3 Å². The number of nitrogens with zero attached hydrogens (tertiary/aromatic N) is 2. The zero-order valence-corrected chi connectivity index (χ0v) is 20.5. The number of ether oxygens (including phenoxy) is 3. The fraction of sp³-hybridized carbons (Fsp3) is 0.667. The number of halogens is 1. The number of nitrogens with one attached hydrogen (secondary N) is 2. The Morgan fingerprint density at radius 3 is 2.48 bits per heavy atom. The zero-order chi connectivity index (χ0) is 20.2. The minimum Gasteiger partial charge on any atom is -0.493 e. The molecule has 0 amide bonds. The van der Waals surface area contributed by atoms with Gasteiger partial charge in [-0.1, -0.05) is 6.07 Å². The fourth-order valence-corrected chi connectivity index (χ4v) is 3.12. The van der Waals surface area contributed by atoms with Gasteiger partial charge in [0.25, 0.3) is 0 Å². The number of hydrogen-bond donors (Lipinski definition) is 2. The van der Waals surface area contributed by atoms with Crippen LogP contribution in [0.25, 0.3) is 0 Å². The van der Waals surface area contributed by atoms with Gasteiger partial charge in [-0.05, 0) is 43.9 Å². The number of aliphatic imine (C=N–C) groups is 1. The molecule has 166 valence electrons. The van der Waals surface area contributed by atoms with E-state index in [2.05, 4.69) is 28.5 Å². The lowest BCUT2D eigenvalue weighted by Gasteiger charge is -2.20. The van der Waals surface area contributed by atoms with E-state index in [1.807, 2.05) is 12.1 Å². The fourth-order valence-electron chi connectivity index (χ4n) is 3.12. The quantitative estimate of drug-likeness (QED) is 0.237. The lowest BCUT2D eigenvalue weighted by atomic mass is 10.1. The molecule has 1 aromatic carbocycles. The van der Waals surface area contributed by atoms with Crippen molar-refractivity contribution in [3.63, 3.8) is 0 Å². The first-order valence-electron chi connectivity index (χ1n) is 10.2. The lowest BCUT2D eigenvalue weighted by molar-refractivity contribution is 0.145. The summed E-state index contributed by atoms with van der Waals surface area (Å²) in [4.78, 5) is 7.22. The van der Waals surface area contributed by atoms with Crippen LogP contribution in [0.3, 0.4) is 0 Å². The normalized spacial score (nSPS) is 13.8. The summed E-state index contributed by atoms with van der Waals surface area (Å²) in [6.07, 6.45) is 3.49. The highest BCUT2D eigenvalue weighted by molar-refractivity contribution is 14.0. The third-order valence-electron chi connectivity index (χ3n) is 4.80. The van der Waals surface area contributed by atoms with E-state index in [0.717, 1.165) is 69.3 Å². The average molecular weight is 520 g/mol. The molecule has 2 N–H and O–H groups in total. The van der Waals surface area contributed by atoms with Gasteiger partial charge in [0.05, 0.1) is 27.4 Å². The molecule has 1 fully saturated rings. The largest absolute Gasteiger partial charge is 0.493 e. The predicted molar refractivity (Wildman–Crippen MR) is 129 cm³/mol. The lowest BCUT2D eigenvalue weighted by Crippen LogP contribution is -2.39. The Balaban J connectivity index is 0.00000420. The molecule has 0 aliphatic heterocycles. The maximum absolute atomic E-state index is 5.38. The summed E-state index contributed by atoms with van der Waals surface area (Å²) in [5.74, 6) is 2.38. The Labute approximate surface area is 192 Å². The standard InChI is InChI=1S/C21H36N4O3.HI/c1-5-22-21(24-12-13-25(14-15-26-2)18-7-8-18)23-11-10-17-6-9-19(27-3)20(16-17)28-4;/h6,9,16,18H,5,7-8,10-15H2,1-4H3,(H2,22,23,24);1H. The van der Waals surface area contributed by atoms with E-state index in [9.17, 15) is 0 Å². The average Bonchev–Trinajstić information content (AvgIpc) is 3.55. The number of rotatable bonds is 13. The van der Waals surface area contributed by atoms with Crippen LogP contribution in [0.15, 0.2) is 23.2 Å². The number of methoxy groups -OCH3 is 3. The molecule has 1 saturated carbocycles. The number of guanidine groups is 1. The molecule has 0 saturated heterocycles. The molecule has 1 aliphatic rings. The van der Waals surface area contributed by atoms with Gasteiger partial charge >= 0.3 is 0 Å². The maximum atomic E-state index is 5.38. The Bertz CT molecular complexity index is 612. The van der Waals surface area contributed by atoms with Crippen molar-refractivity contribution >= 4 is 29.9 Å². The molecule has 7 nitrogen and oxygen atoms in total. The summed E-state index contributed by atoms with van der Waals surface area (Å²) in [6, 6.07) is 6.76. The van der Waals surface area contributed by atoms with Crippen LogP contribution in [-0.4, -0.2) is 77.6 Å². The van der Waals surface area contributed by atoms with E-state index in [4.69, 9.17) is 19.2 Å². The van der Waals surface area contributed by atoms with Gasteiger partial charge in [0.2, 0.25) is 0 Å². The second-order valence-corrected chi connectivity index (χ2v) is 6.89. The van der Waals surface area contributed by atoms with Gasteiger partial charge in [-0.25, -0.2) is 0 Å². The molecule has 0 aromatic heterocycles. The van der Waals surface area contributed by atoms with Crippen LogP contribution < -0.4 is 20.1 Å². The molecule has 2 rings (SSSR count). The first-order valence-corrected chi connectivity index (χ1v) is 10.2. The summed E-state index contributed by atoms with van der Waals surface area (Å²) >= 11 is 0. The Morgan fingerprint density at radius 2 is 1.86 bits per heavy atom. The van der Waals surface area contributed by atoms with E-state index in [1.165, 1.54) is 18.4 Å². The Kier molecular flexibility index (Phi) is 13.0. The minimum atomic E-state index is 0. The van der Waals surface area contributed by atoms with Gasteiger partial charge in [0.1, 0.15) is 0 Å². The van der Waals surface area contributed by atoms with Crippen molar-refractivity contribution in [2.75, 3.05) is 60.7 Å². The summed E-state index contributed by atoms with van der Waals surface area (Å²) in [7, 11) is 5.07. The second-order valence-electron chi connectivity index (χ2n) is 6.89. The molecule has 1 aromatic rings. The summed E-state index contributed by atoms with van der Waals surface area (Å²) in [6.45, 7) is 7.26. The zero-order valence-electron chi connectivity index (χ0n) is 18.2. The van der Waals surface area contributed by atoms with Crippen LogP contribution in [-0.2, 0) is 11.2 Å². The van der Waals surface area contributed by atoms with Gasteiger partial charge in [-0.15, -0.1) is 24.0 Å². The smallest absolute Gasteiger partial charge is 0.191 e. The number of hydrogen-bond acceptors (Lipinski definition) is 5. The van der Waals surface area contributed by atoms with Crippen molar-refractivity contribution in [2.24, 2.45) is 4.99 Å². The molecule has 0 bridgehead atoms. The Morgan fingerprint density at radius 1 is 1.10 bits per heavy atom.